The number of hydrogen-bond donors (Lipinski definition) is 3. The van der Waals surface area contributed by atoms with Crippen LogP contribution < -0.4 is 5.32 Å². The number of fused-ring (bicyclic) bond motifs is 5. The van der Waals surface area contributed by atoms with Crippen molar-refractivity contribution in [1.29, 1.82) is 0 Å². The second kappa shape index (κ2) is 5.90. The molecular weight excluding hydrogens is 310 g/mol. The van der Waals surface area contributed by atoms with Crippen LogP contribution in [0.25, 0.3) is 0 Å². The first kappa shape index (κ1) is 15.1. The molecule has 24 heavy (non-hydrogen) atoms. The van der Waals surface area contributed by atoms with Crippen LogP contribution in [0.2, 0.25) is 0 Å². The SMILES string of the molecule is O=C(Nc1cccc2c1C1OC2C(O)C1O)OCc1ccccc1. The minimum atomic E-state index is -0.995. The summed E-state index contributed by atoms with van der Waals surface area (Å²) in [6, 6.07) is 14.7. The molecule has 2 aliphatic heterocycles. The number of carbonyl (C=O) groups is 1. The second-order valence-electron chi connectivity index (χ2n) is 5.95. The lowest BCUT2D eigenvalue weighted by Gasteiger charge is -2.23. The largest absolute Gasteiger partial charge is 0.444 e. The van der Waals surface area contributed by atoms with Crippen LogP contribution in [-0.4, -0.2) is 28.5 Å². The van der Waals surface area contributed by atoms with Crippen molar-refractivity contribution in [3.8, 4) is 0 Å². The lowest BCUT2D eigenvalue weighted by Crippen LogP contribution is -2.31. The molecule has 4 unspecified atom stereocenters. The van der Waals surface area contributed by atoms with Gasteiger partial charge in [-0.3, -0.25) is 5.32 Å². The van der Waals surface area contributed by atoms with Crippen molar-refractivity contribution in [1.82, 2.24) is 0 Å². The molecule has 2 aromatic carbocycles. The molecule has 2 aromatic rings. The van der Waals surface area contributed by atoms with E-state index in [0.29, 0.717) is 11.3 Å². The van der Waals surface area contributed by atoms with Crippen molar-refractivity contribution in [3.05, 3.63) is 65.2 Å². The molecular formula is C18H17NO5. The number of carbonyl (C=O) groups excluding carboxylic acids is 1. The molecule has 0 spiro atoms. The third-order valence-electron chi connectivity index (χ3n) is 4.44. The van der Waals surface area contributed by atoms with E-state index in [1.165, 1.54) is 0 Å². The summed E-state index contributed by atoms with van der Waals surface area (Å²) in [6.45, 7) is 0.172. The van der Waals surface area contributed by atoms with Crippen LogP contribution in [0.1, 0.15) is 28.9 Å². The average Bonchev–Trinajstić information content (AvgIpc) is 3.12. The van der Waals surface area contributed by atoms with E-state index in [1.807, 2.05) is 36.4 Å². The lowest BCUT2D eigenvalue weighted by molar-refractivity contribution is 0.0218. The van der Waals surface area contributed by atoms with Crippen LogP contribution in [0, 0.1) is 0 Å². The molecule has 124 valence electrons. The van der Waals surface area contributed by atoms with Gasteiger partial charge in [0.1, 0.15) is 31.0 Å². The summed E-state index contributed by atoms with van der Waals surface area (Å²) < 4.78 is 10.8. The van der Waals surface area contributed by atoms with Gasteiger partial charge >= 0.3 is 6.09 Å². The van der Waals surface area contributed by atoms with Crippen molar-refractivity contribution in [2.45, 2.75) is 31.0 Å². The van der Waals surface area contributed by atoms with Gasteiger partial charge in [-0.15, -0.1) is 0 Å². The zero-order valence-electron chi connectivity index (χ0n) is 12.8. The summed E-state index contributed by atoms with van der Waals surface area (Å²) in [5.74, 6) is 0. The van der Waals surface area contributed by atoms with E-state index in [-0.39, 0.29) is 6.61 Å². The molecule has 2 bridgehead atoms. The summed E-state index contributed by atoms with van der Waals surface area (Å²) in [4.78, 5) is 12.1. The van der Waals surface area contributed by atoms with Gasteiger partial charge in [-0.05, 0) is 17.2 Å². The zero-order valence-corrected chi connectivity index (χ0v) is 12.8. The molecule has 6 heteroatoms. The van der Waals surface area contributed by atoms with Crippen LogP contribution in [0.4, 0.5) is 10.5 Å². The Balaban J connectivity index is 1.49. The number of rotatable bonds is 3. The highest BCUT2D eigenvalue weighted by molar-refractivity contribution is 5.86. The molecule has 3 N–H and O–H groups in total. The number of nitrogens with one attached hydrogen (secondary N) is 1. The van der Waals surface area contributed by atoms with Crippen molar-refractivity contribution < 1.29 is 24.5 Å². The van der Waals surface area contributed by atoms with Crippen LogP contribution in [0.5, 0.6) is 0 Å². The van der Waals surface area contributed by atoms with Crippen LogP contribution in [-0.2, 0) is 16.1 Å². The van der Waals surface area contributed by atoms with Crippen molar-refractivity contribution in [3.63, 3.8) is 0 Å². The van der Waals surface area contributed by atoms with E-state index in [9.17, 15) is 15.0 Å². The van der Waals surface area contributed by atoms with E-state index in [2.05, 4.69) is 5.32 Å². The van der Waals surface area contributed by atoms with E-state index in [0.717, 1.165) is 11.1 Å². The fourth-order valence-corrected chi connectivity index (χ4v) is 3.30. The monoisotopic (exact) mass is 327 g/mol. The quantitative estimate of drug-likeness (QED) is 0.805. The molecule has 0 aromatic heterocycles. The highest BCUT2D eigenvalue weighted by atomic mass is 16.6. The highest BCUT2D eigenvalue weighted by Gasteiger charge is 2.52. The van der Waals surface area contributed by atoms with Gasteiger partial charge < -0.3 is 19.7 Å². The van der Waals surface area contributed by atoms with Gasteiger partial charge in [-0.1, -0.05) is 42.5 Å². The minimum absolute atomic E-state index is 0.172. The van der Waals surface area contributed by atoms with Crippen LogP contribution >= 0.6 is 0 Å². The third kappa shape index (κ3) is 2.45. The fraction of sp³-hybridized carbons (Fsp3) is 0.278. The summed E-state index contributed by atoms with van der Waals surface area (Å²) in [5.41, 5.74) is 2.92. The molecule has 0 aliphatic carbocycles. The number of amides is 1. The highest BCUT2D eigenvalue weighted by Crippen LogP contribution is 2.53. The van der Waals surface area contributed by atoms with E-state index in [4.69, 9.17) is 9.47 Å². The van der Waals surface area contributed by atoms with Gasteiger partial charge in [0.2, 0.25) is 0 Å². The Labute approximate surface area is 138 Å². The number of aliphatic hydroxyl groups is 2. The third-order valence-corrected chi connectivity index (χ3v) is 4.44. The van der Waals surface area contributed by atoms with Gasteiger partial charge in [0.15, 0.2) is 0 Å². The fourth-order valence-electron chi connectivity index (χ4n) is 3.30. The van der Waals surface area contributed by atoms with Gasteiger partial charge in [0.25, 0.3) is 0 Å². The molecule has 4 rings (SSSR count). The first-order chi connectivity index (χ1) is 11.6. The van der Waals surface area contributed by atoms with E-state index < -0.39 is 30.5 Å². The molecule has 4 atom stereocenters. The Kier molecular flexibility index (Phi) is 3.72. The predicted molar refractivity (Wildman–Crippen MR) is 85.3 cm³/mol. The molecule has 6 nitrogen and oxygen atoms in total. The van der Waals surface area contributed by atoms with Gasteiger partial charge in [0.05, 0.1) is 5.69 Å². The summed E-state index contributed by atoms with van der Waals surface area (Å²) in [7, 11) is 0. The van der Waals surface area contributed by atoms with Crippen molar-refractivity contribution >= 4 is 11.8 Å². The Morgan fingerprint density at radius 2 is 1.79 bits per heavy atom. The number of benzene rings is 2. The second-order valence-corrected chi connectivity index (χ2v) is 5.95. The molecule has 1 saturated heterocycles. The maximum absolute atomic E-state index is 12.1. The molecule has 1 fully saturated rings. The summed E-state index contributed by atoms with van der Waals surface area (Å²) in [6.07, 6.45) is -3.70. The smallest absolute Gasteiger partial charge is 0.411 e. The van der Waals surface area contributed by atoms with Crippen LogP contribution in [0.3, 0.4) is 0 Å². The van der Waals surface area contributed by atoms with Gasteiger partial charge in [-0.2, -0.15) is 0 Å². The Morgan fingerprint density at radius 1 is 1.04 bits per heavy atom. The summed E-state index contributed by atoms with van der Waals surface area (Å²) in [5, 5.41) is 22.7. The maximum Gasteiger partial charge on any atom is 0.411 e. The number of hydrogen-bond acceptors (Lipinski definition) is 5. The zero-order chi connectivity index (χ0) is 16.7. The number of aliphatic hydroxyl groups excluding tert-OH is 2. The molecule has 2 aliphatic rings. The molecule has 0 saturated carbocycles. The molecule has 0 radical (unpaired) electrons. The Hall–Kier alpha value is -2.41. The standard InChI is InChI=1S/C18H17NO5/c20-14-15(21)17-13-11(16(14)24-17)7-4-8-12(13)19-18(22)23-9-10-5-2-1-3-6-10/h1-8,14-17,20-21H,9H2,(H,19,22). The first-order valence-corrected chi connectivity index (χ1v) is 7.77. The molecule has 2 heterocycles. The van der Waals surface area contributed by atoms with Crippen molar-refractivity contribution in [2.24, 2.45) is 0 Å². The van der Waals surface area contributed by atoms with E-state index >= 15 is 0 Å². The molecule has 1 amide bonds. The minimum Gasteiger partial charge on any atom is -0.444 e. The topological polar surface area (TPSA) is 88.0 Å². The van der Waals surface area contributed by atoms with E-state index in [1.54, 1.807) is 12.1 Å². The van der Waals surface area contributed by atoms with Gasteiger partial charge in [0, 0.05) is 5.56 Å². The van der Waals surface area contributed by atoms with Crippen LogP contribution in [0.15, 0.2) is 48.5 Å². The first-order valence-electron chi connectivity index (χ1n) is 7.77. The Morgan fingerprint density at radius 3 is 2.58 bits per heavy atom. The number of ether oxygens (including phenoxy) is 2. The van der Waals surface area contributed by atoms with Gasteiger partial charge in [-0.25, -0.2) is 4.79 Å². The predicted octanol–water partition coefficient (Wildman–Crippen LogP) is 2.28. The lowest BCUT2D eigenvalue weighted by atomic mass is 9.87. The average molecular weight is 327 g/mol. The summed E-state index contributed by atoms with van der Waals surface area (Å²) >= 11 is 0. The maximum atomic E-state index is 12.1. The Bertz CT molecular complexity index is 763. The van der Waals surface area contributed by atoms with Crippen molar-refractivity contribution in [2.75, 3.05) is 5.32 Å². The number of anilines is 1. The normalized spacial score (nSPS) is 26.9.